The van der Waals surface area contributed by atoms with Gasteiger partial charge in [0.1, 0.15) is 0 Å². The van der Waals surface area contributed by atoms with Crippen LogP contribution in [0.15, 0.2) is 53.1 Å². The monoisotopic (exact) mass is 475 g/mol. The normalized spacial score (nSPS) is 16.1. The molecule has 2 atom stereocenters. The van der Waals surface area contributed by atoms with E-state index in [0.29, 0.717) is 37.9 Å². The van der Waals surface area contributed by atoms with Crippen LogP contribution in [0.5, 0.6) is 0 Å². The maximum absolute atomic E-state index is 13.1. The summed E-state index contributed by atoms with van der Waals surface area (Å²) in [5.41, 5.74) is 4.18. The molecular weight excluding hydrogens is 442 g/mol. The molecule has 8 nitrogen and oxygen atoms in total. The molecule has 1 aromatic heterocycles. The first kappa shape index (κ1) is 24.6. The molecule has 1 N–H and O–H groups in total. The van der Waals surface area contributed by atoms with Crippen molar-refractivity contribution < 1.29 is 14.1 Å². The summed E-state index contributed by atoms with van der Waals surface area (Å²) in [6, 6.07) is 15.6. The van der Waals surface area contributed by atoms with Gasteiger partial charge >= 0.3 is 0 Å². The molecule has 2 aromatic carbocycles. The van der Waals surface area contributed by atoms with E-state index in [2.05, 4.69) is 20.4 Å². The number of nitrogens with zero attached hydrogens (tertiary/aromatic N) is 4. The Morgan fingerprint density at radius 2 is 1.57 bits per heavy atom. The summed E-state index contributed by atoms with van der Waals surface area (Å²) >= 11 is 0. The van der Waals surface area contributed by atoms with E-state index >= 15 is 0 Å². The van der Waals surface area contributed by atoms with Crippen molar-refractivity contribution >= 4 is 11.8 Å². The number of amides is 2. The molecule has 8 heteroatoms. The van der Waals surface area contributed by atoms with Crippen LogP contribution in [0.2, 0.25) is 0 Å². The second-order valence-corrected chi connectivity index (χ2v) is 9.28. The number of aryl methyl sites for hydroxylation is 2. The maximum Gasteiger partial charge on any atom is 0.244 e. The van der Waals surface area contributed by atoms with Gasteiger partial charge in [-0.1, -0.05) is 64.8 Å². The van der Waals surface area contributed by atoms with E-state index in [1.54, 1.807) is 0 Å². The van der Waals surface area contributed by atoms with Gasteiger partial charge in [-0.05, 0) is 26.3 Å². The van der Waals surface area contributed by atoms with Crippen molar-refractivity contribution in [2.45, 2.75) is 46.2 Å². The van der Waals surface area contributed by atoms with Gasteiger partial charge in [-0.15, -0.1) is 0 Å². The lowest BCUT2D eigenvalue weighted by molar-refractivity contribution is -0.134. The zero-order valence-corrected chi connectivity index (χ0v) is 20.8. The highest BCUT2D eigenvalue weighted by atomic mass is 16.5. The summed E-state index contributed by atoms with van der Waals surface area (Å²) in [6.45, 7) is 10.2. The van der Waals surface area contributed by atoms with Gasteiger partial charge in [-0.25, -0.2) is 0 Å². The molecule has 1 fully saturated rings. The number of hydrogen-bond acceptors (Lipinski definition) is 6. The lowest BCUT2D eigenvalue weighted by Gasteiger charge is -2.37. The molecule has 4 rings (SSSR count). The fraction of sp³-hybridized carbons (Fsp3) is 0.407. The number of hydrogen-bond donors (Lipinski definition) is 1. The zero-order chi connectivity index (χ0) is 24.9. The Labute approximate surface area is 206 Å². The molecule has 0 saturated carbocycles. The van der Waals surface area contributed by atoms with Gasteiger partial charge in [-0.3, -0.25) is 14.5 Å². The topological polar surface area (TPSA) is 91.6 Å². The molecule has 1 saturated heterocycles. The number of carbonyl (C=O) groups is 2. The van der Waals surface area contributed by atoms with Crippen molar-refractivity contribution in [2.75, 3.05) is 26.2 Å². The van der Waals surface area contributed by atoms with Crippen LogP contribution < -0.4 is 5.32 Å². The molecule has 0 spiro atoms. The molecule has 3 aromatic rings. The van der Waals surface area contributed by atoms with Crippen LogP contribution in [0.3, 0.4) is 0 Å². The average molecular weight is 476 g/mol. The van der Waals surface area contributed by atoms with E-state index < -0.39 is 0 Å². The van der Waals surface area contributed by atoms with Crippen LogP contribution in [0.25, 0.3) is 11.4 Å². The molecule has 1 aliphatic rings. The molecular formula is C27H33N5O3. The van der Waals surface area contributed by atoms with Gasteiger partial charge in [0.25, 0.3) is 0 Å². The predicted octanol–water partition coefficient (Wildman–Crippen LogP) is 3.83. The molecule has 2 heterocycles. The number of nitrogens with one attached hydrogen (secondary N) is 1. The van der Waals surface area contributed by atoms with E-state index in [9.17, 15) is 9.59 Å². The Morgan fingerprint density at radius 3 is 2.17 bits per heavy atom. The third-order valence-electron chi connectivity index (χ3n) is 6.56. The fourth-order valence-electron chi connectivity index (χ4n) is 4.34. The van der Waals surface area contributed by atoms with E-state index in [0.717, 1.165) is 16.7 Å². The van der Waals surface area contributed by atoms with Gasteiger partial charge in [0.05, 0.1) is 18.5 Å². The predicted molar refractivity (Wildman–Crippen MR) is 133 cm³/mol. The highest BCUT2D eigenvalue weighted by molar-refractivity contribution is 5.79. The Balaban J connectivity index is 1.34. The summed E-state index contributed by atoms with van der Waals surface area (Å²) < 4.78 is 5.56. The summed E-state index contributed by atoms with van der Waals surface area (Å²) in [5, 5.41) is 7.08. The third kappa shape index (κ3) is 6.14. The second kappa shape index (κ2) is 10.8. The summed E-state index contributed by atoms with van der Waals surface area (Å²) in [5.74, 6) is 1.05. The standard InChI is InChI=1S/C27H33N5O3/c1-18-5-9-22(10-6-18)24(28-21(4)33)17-25(34)32-15-13-31(14-16-32)20(3)27-29-26(30-35-27)23-11-7-19(2)8-12-23/h5-12,20,24H,13-17H2,1-4H3,(H,28,33). The Morgan fingerprint density at radius 1 is 0.971 bits per heavy atom. The first-order chi connectivity index (χ1) is 16.8. The Hall–Kier alpha value is -3.52. The van der Waals surface area contributed by atoms with Crippen LogP contribution >= 0.6 is 0 Å². The number of benzene rings is 2. The molecule has 0 aliphatic carbocycles. The smallest absolute Gasteiger partial charge is 0.244 e. The molecule has 2 unspecified atom stereocenters. The van der Waals surface area contributed by atoms with Crippen molar-refractivity contribution in [1.29, 1.82) is 0 Å². The largest absolute Gasteiger partial charge is 0.349 e. The van der Waals surface area contributed by atoms with Gasteiger partial charge in [0.15, 0.2) is 0 Å². The van der Waals surface area contributed by atoms with E-state index in [1.165, 1.54) is 12.5 Å². The van der Waals surface area contributed by atoms with Crippen molar-refractivity contribution in [1.82, 2.24) is 25.3 Å². The first-order valence-electron chi connectivity index (χ1n) is 12.1. The summed E-state index contributed by atoms with van der Waals surface area (Å²) in [7, 11) is 0. The van der Waals surface area contributed by atoms with Crippen LogP contribution in [-0.2, 0) is 9.59 Å². The molecule has 2 amide bonds. The lowest BCUT2D eigenvalue weighted by Crippen LogP contribution is -2.50. The van der Waals surface area contributed by atoms with Crippen molar-refractivity contribution in [3.05, 3.63) is 71.1 Å². The quantitative estimate of drug-likeness (QED) is 0.559. The Kier molecular flexibility index (Phi) is 7.60. The van der Waals surface area contributed by atoms with Gasteiger partial charge < -0.3 is 14.7 Å². The number of carbonyl (C=O) groups excluding carboxylic acids is 2. The fourth-order valence-corrected chi connectivity index (χ4v) is 4.34. The van der Waals surface area contributed by atoms with Crippen molar-refractivity contribution in [3.63, 3.8) is 0 Å². The molecule has 184 valence electrons. The van der Waals surface area contributed by atoms with Crippen LogP contribution in [0.4, 0.5) is 0 Å². The van der Waals surface area contributed by atoms with E-state index in [-0.39, 0.29) is 30.3 Å². The highest BCUT2D eigenvalue weighted by Gasteiger charge is 2.29. The molecule has 0 radical (unpaired) electrons. The number of piperazine rings is 1. The highest BCUT2D eigenvalue weighted by Crippen LogP contribution is 2.25. The average Bonchev–Trinajstić information content (AvgIpc) is 3.34. The van der Waals surface area contributed by atoms with Gasteiger partial charge in [0.2, 0.25) is 23.5 Å². The van der Waals surface area contributed by atoms with E-state index in [4.69, 9.17) is 4.52 Å². The SMILES string of the molecule is CC(=O)NC(CC(=O)N1CCN(C(C)c2nc(-c3ccc(C)cc3)no2)CC1)c1ccc(C)cc1. The molecule has 35 heavy (non-hydrogen) atoms. The summed E-state index contributed by atoms with van der Waals surface area (Å²) in [6.07, 6.45) is 0.238. The Bertz CT molecular complexity index is 1150. The van der Waals surface area contributed by atoms with Gasteiger partial charge in [0, 0.05) is 38.7 Å². The minimum absolute atomic E-state index is 0.0380. The third-order valence-corrected chi connectivity index (χ3v) is 6.56. The minimum atomic E-state index is -0.337. The lowest BCUT2D eigenvalue weighted by atomic mass is 10.0. The molecule has 0 bridgehead atoms. The summed E-state index contributed by atoms with van der Waals surface area (Å²) in [4.78, 5) is 33.6. The second-order valence-electron chi connectivity index (χ2n) is 9.28. The van der Waals surface area contributed by atoms with Crippen molar-refractivity contribution in [2.24, 2.45) is 0 Å². The van der Waals surface area contributed by atoms with Crippen molar-refractivity contribution in [3.8, 4) is 11.4 Å². The number of rotatable bonds is 7. The maximum atomic E-state index is 13.1. The van der Waals surface area contributed by atoms with Gasteiger partial charge in [-0.2, -0.15) is 4.98 Å². The molecule has 1 aliphatic heterocycles. The van der Waals surface area contributed by atoms with Crippen LogP contribution in [0, 0.1) is 13.8 Å². The zero-order valence-electron chi connectivity index (χ0n) is 20.8. The number of aromatic nitrogens is 2. The van der Waals surface area contributed by atoms with Crippen LogP contribution in [0.1, 0.15) is 54.9 Å². The first-order valence-corrected chi connectivity index (χ1v) is 12.1. The minimum Gasteiger partial charge on any atom is -0.349 e. The van der Waals surface area contributed by atoms with Crippen LogP contribution in [-0.4, -0.2) is 57.9 Å². The van der Waals surface area contributed by atoms with E-state index in [1.807, 2.05) is 74.2 Å².